The van der Waals surface area contributed by atoms with Crippen LogP contribution in [0.4, 0.5) is 0 Å². The maximum atomic E-state index is 10.8. The van der Waals surface area contributed by atoms with Gasteiger partial charge >= 0.3 is 0 Å². The number of nitrogens with zero attached hydrogens (tertiary/aromatic N) is 2. The van der Waals surface area contributed by atoms with E-state index in [-0.39, 0.29) is 6.61 Å². The molecule has 0 fully saturated rings. The van der Waals surface area contributed by atoms with Gasteiger partial charge < -0.3 is 9.26 Å². The number of ether oxygens (including phenoxy) is 1. The first-order valence-corrected chi connectivity index (χ1v) is 4.75. The van der Waals surface area contributed by atoms with Gasteiger partial charge in [0.2, 0.25) is 0 Å². The standard InChI is InChI=1S/C11H10N2O3/c1-8-2-3-11(10(6-14)13-8)15-7-9-4-5-12-16-9/h2-6H,7H2,1H3. The Labute approximate surface area is 92.0 Å². The van der Waals surface area contributed by atoms with Crippen molar-refractivity contribution in [3.05, 3.63) is 41.5 Å². The number of hydrogen-bond acceptors (Lipinski definition) is 5. The second-order valence-electron chi connectivity index (χ2n) is 3.22. The molecule has 0 radical (unpaired) electrons. The minimum Gasteiger partial charge on any atom is -0.483 e. The van der Waals surface area contributed by atoms with Crippen LogP contribution in [0.25, 0.3) is 0 Å². The molecule has 2 aromatic heterocycles. The summed E-state index contributed by atoms with van der Waals surface area (Å²) in [6.07, 6.45) is 2.20. The second kappa shape index (κ2) is 4.57. The van der Waals surface area contributed by atoms with Gasteiger partial charge in [-0.05, 0) is 19.1 Å². The lowest BCUT2D eigenvalue weighted by atomic mass is 10.3. The van der Waals surface area contributed by atoms with Crippen molar-refractivity contribution in [2.24, 2.45) is 0 Å². The quantitative estimate of drug-likeness (QED) is 0.731. The van der Waals surface area contributed by atoms with Crippen molar-refractivity contribution in [1.29, 1.82) is 0 Å². The lowest BCUT2D eigenvalue weighted by Gasteiger charge is -2.05. The maximum absolute atomic E-state index is 10.8. The first-order chi connectivity index (χ1) is 7.79. The maximum Gasteiger partial charge on any atom is 0.174 e. The smallest absolute Gasteiger partial charge is 0.174 e. The van der Waals surface area contributed by atoms with Gasteiger partial charge in [0.15, 0.2) is 12.0 Å². The molecule has 0 atom stereocenters. The Morgan fingerprint density at radius 3 is 3.00 bits per heavy atom. The molecule has 0 saturated heterocycles. The first kappa shape index (κ1) is 10.4. The van der Waals surface area contributed by atoms with Crippen LogP contribution in [0.15, 0.2) is 28.9 Å². The van der Waals surface area contributed by atoms with Gasteiger partial charge in [-0.2, -0.15) is 0 Å². The highest BCUT2D eigenvalue weighted by molar-refractivity contribution is 5.76. The van der Waals surface area contributed by atoms with Gasteiger partial charge in [0.25, 0.3) is 0 Å². The summed E-state index contributed by atoms with van der Waals surface area (Å²) in [6.45, 7) is 2.04. The Bertz CT molecular complexity index is 480. The molecule has 0 aliphatic rings. The van der Waals surface area contributed by atoms with Crippen LogP contribution in [0.1, 0.15) is 21.9 Å². The molecule has 5 nitrogen and oxygen atoms in total. The van der Waals surface area contributed by atoms with Gasteiger partial charge in [0.05, 0.1) is 6.20 Å². The van der Waals surface area contributed by atoms with Crippen molar-refractivity contribution >= 4 is 6.29 Å². The highest BCUT2D eigenvalue weighted by atomic mass is 16.5. The van der Waals surface area contributed by atoms with E-state index in [1.807, 2.05) is 6.92 Å². The average Bonchev–Trinajstić information content (AvgIpc) is 2.80. The summed E-state index contributed by atoms with van der Waals surface area (Å²) in [7, 11) is 0. The van der Waals surface area contributed by atoms with E-state index in [4.69, 9.17) is 9.26 Å². The van der Waals surface area contributed by atoms with Crippen molar-refractivity contribution in [3.63, 3.8) is 0 Å². The van der Waals surface area contributed by atoms with Crippen molar-refractivity contribution < 1.29 is 14.1 Å². The zero-order valence-electron chi connectivity index (χ0n) is 8.71. The Morgan fingerprint density at radius 2 is 2.31 bits per heavy atom. The topological polar surface area (TPSA) is 65.2 Å². The third-order valence-electron chi connectivity index (χ3n) is 2.00. The van der Waals surface area contributed by atoms with Crippen LogP contribution in [0, 0.1) is 6.92 Å². The molecule has 82 valence electrons. The summed E-state index contributed by atoms with van der Waals surface area (Å²) in [4.78, 5) is 14.8. The Balaban J connectivity index is 2.12. The summed E-state index contributed by atoms with van der Waals surface area (Å²) in [5.41, 5.74) is 1.06. The van der Waals surface area contributed by atoms with Gasteiger partial charge in [0, 0.05) is 11.8 Å². The SMILES string of the molecule is Cc1ccc(OCc2ccno2)c(C=O)n1. The summed E-state index contributed by atoms with van der Waals surface area (Å²) < 4.78 is 10.3. The Kier molecular flexibility index (Phi) is 2.95. The summed E-state index contributed by atoms with van der Waals surface area (Å²) in [5, 5.41) is 3.55. The van der Waals surface area contributed by atoms with E-state index >= 15 is 0 Å². The van der Waals surface area contributed by atoms with E-state index in [9.17, 15) is 4.79 Å². The van der Waals surface area contributed by atoms with Gasteiger partial charge in [-0.15, -0.1) is 0 Å². The van der Waals surface area contributed by atoms with Gasteiger partial charge in [-0.1, -0.05) is 5.16 Å². The number of aryl methyl sites for hydroxylation is 1. The van der Waals surface area contributed by atoms with E-state index < -0.39 is 0 Å². The van der Waals surface area contributed by atoms with E-state index in [1.165, 1.54) is 6.20 Å². The molecule has 0 amide bonds. The normalized spacial score (nSPS) is 10.1. The number of carbonyl (C=O) groups excluding carboxylic acids is 1. The van der Waals surface area contributed by atoms with Crippen LogP contribution in [0.5, 0.6) is 5.75 Å². The zero-order valence-corrected chi connectivity index (χ0v) is 8.71. The summed E-state index contributed by atoms with van der Waals surface area (Å²) in [5.74, 6) is 1.04. The molecular formula is C11H10N2O3. The lowest BCUT2D eigenvalue weighted by Crippen LogP contribution is -2.00. The molecule has 2 rings (SSSR count). The van der Waals surface area contributed by atoms with Crippen LogP contribution in [0.3, 0.4) is 0 Å². The van der Waals surface area contributed by atoms with E-state index in [2.05, 4.69) is 10.1 Å². The highest BCUT2D eigenvalue weighted by Gasteiger charge is 2.06. The number of hydrogen-bond donors (Lipinski definition) is 0. The lowest BCUT2D eigenvalue weighted by molar-refractivity contribution is 0.111. The first-order valence-electron chi connectivity index (χ1n) is 4.75. The molecule has 0 aromatic carbocycles. The van der Waals surface area contributed by atoms with Crippen molar-refractivity contribution in [2.75, 3.05) is 0 Å². The van der Waals surface area contributed by atoms with Gasteiger partial charge in [0.1, 0.15) is 18.1 Å². The predicted octanol–water partition coefficient (Wildman–Crippen LogP) is 1.77. The summed E-state index contributed by atoms with van der Waals surface area (Å²) >= 11 is 0. The van der Waals surface area contributed by atoms with Crippen molar-refractivity contribution in [3.8, 4) is 5.75 Å². The number of aldehydes is 1. The highest BCUT2D eigenvalue weighted by Crippen LogP contribution is 2.16. The van der Waals surface area contributed by atoms with E-state index in [0.717, 1.165) is 5.69 Å². The molecule has 0 bridgehead atoms. The van der Waals surface area contributed by atoms with Crippen molar-refractivity contribution in [2.45, 2.75) is 13.5 Å². The van der Waals surface area contributed by atoms with E-state index in [1.54, 1.807) is 18.2 Å². The number of carbonyl (C=O) groups is 1. The third kappa shape index (κ3) is 2.25. The monoisotopic (exact) mass is 218 g/mol. The molecular weight excluding hydrogens is 208 g/mol. The average molecular weight is 218 g/mol. The fourth-order valence-electron chi connectivity index (χ4n) is 1.24. The Morgan fingerprint density at radius 1 is 1.44 bits per heavy atom. The third-order valence-corrected chi connectivity index (χ3v) is 2.00. The van der Waals surface area contributed by atoms with E-state index in [0.29, 0.717) is 23.5 Å². The fraction of sp³-hybridized carbons (Fsp3) is 0.182. The molecule has 5 heteroatoms. The number of aromatic nitrogens is 2. The molecule has 0 unspecified atom stereocenters. The number of pyridine rings is 1. The Hall–Kier alpha value is -2.17. The minimum atomic E-state index is 0.228. The van der Waals surface area contributed by atoms with Gasteiger partial charge in [-0.25, -0.2) is 4.98 Å². The molecule has 0 N–H and O–H groups in total. The predicted molar refractivity (Wildman–Crippen MR) is 55.2 cm³/mol. The van der Waals surface area contributed by atoms with Crippen molar-refractivity contribution in [1.82, 2.24) is 10.1 Å². The van der Waals surface area contributed by atoms with Crippen LogP contribution < -0.4 is 4.74 Å². The molecule has 0 aliphatic carbocycles. The molecule has 16 heavy (non-hydrogen) atoms. The largest absolute Gasteiger partial charge is 0.483 e. The van der Waals surface area contributed by atoms with Crippen LogP contribution >= 0.6 is 0 Å². The summed E-state index contributed by atoms with van der Waals surface area (Å²) in [6, 6.07) is 5.19. The van der Waals surface area contributed by atoms with Crippen LogP contribution in [-0.2, 0) is 6.61 Å². The molecule has 2 aromatic rings. The van der Waals surface area contributed by atoms with Crippen LogP contribution in [0.2, 0.25) is 0 Å². The molecule has 0 aliphatic heterocycles. The zero-order chi connectivity index (χ0) is 11.4. The van der Waals surface area contributed by atoms with Crippen LogP contribution in [-0.4, -0.2) is 16.4 Å². The minimum absolute atomic E-state index is 0.228. The fourth-order valence-corrected chi connectivity index (χ4v) is 1.24. The molecule has 0 spiro atoms. The molecule has 2 heterocycles. The molecule has 0 saturated carbocycles. The number of rotatable bonds is 4. The van der Waals surface area contributed by atoms with Gasteiger partial charge in [-0.3, -0.25) is 4.79 Å². The second-order valence-corrected chi connectivity index (χ2v) is 3.22.